The highest BCUT2D eigenvalue weighted by molar-refractivity contribution is 7.14. The number of thiophene rings is 1. The molecule has 2 atom stereocenters. The first kappa shape index (κ1) is 15.2. The molecular formula is C18H24N2O2S. The van der Waals surface area contributed by atoms with Crippen molar-refractivity contribution in [2.75, 3.05) is 5.32 Å². The van der Waals surface area contributed by atoms with Crippen LogP contribution in [0.15, 0.2) is 11.4 Å². The lowest BCUT2D eigenvalue weighted by Gasteiger charge is -2.64. The van der Waals surface area contributed by atoms with Crippen molar-refractivity contribution in [2.24, 2.45) is 27.9 Å². The van der Waals surface area contributed by atoms with E-state index in [0.717, 1.165) is 19.3 Å². The van der Waals surface area contributed by atoms with Gasteiger partial charge in [0.15, 0.2) is 0 Å². The summed E-state index contributed by atoms with van der Waals surface area (Å²) in [5.41, 5.74) is 6.16. The fourth-order valence-corrected chi connectivity index (χ4v) is 7.32. The van der Waals surface area contributed by atoms with Gasteiger partial charge in [0.1, 0.15) is 5.00 Å². The fraction of sp³-hybridized carbons (Fsp3) is 0.667. The van der Waals surface area contributed by atoms with Crippen LogP contribution < -0.4 is 11.1 Å². The summed E-state index contributed by atoms with van der Waals surface area (Å²) in [7, 11) is 0. The molecule has 1 aromatic rings. The van der Waals surface area contributed by atoms with Crippen molar-refractivity contribution >= 4 is 28.2 Å². The molecule has 0 spiro atoms. The molecule has 2 unspecified atom stereocenters. The van der Waals surface area contributed by atoms with E-state index in [1.165, 1.54) is 30.6 Å². The largest absolute Gasteiger partial charge is 0.366 e. The Hall–Kier alpha value is -1.36. The second-order valence-electron chi connectivity index (χ2n) is 8.89. The number of nitrogens with one attached hydrogen (secondary N) is 1. The van der Waals surface area contributed by atoms with Gasteiger partial charge in [-0.15, -0.1) is 11.3 Å². The third-order valence-electron chi connectivity index (χ3n) is 6.27. The van der Waals surface area contributed by atoms with Crippen molar-refractivity contribution in [1.82, 2.24) is 0 Å². The van der Waals surface area contributed by atoms with Crippen LogP contribution in [0.25, 0.3) is 0 Å². The van der Waals surface area contributed by atoms with Gasteiger partial charge in [-0.2, -0.15) is 0 Å². The molecule has 4 aliphatic carbocycles. The Morgan fingerprint density at radius 2 is 1.83 bits per heavy atom. The Bertz CT molecular complexity index is 677. The first-order valence-electron chi connectivity index (χ1n) is 8.42. The zero-order valence-corrected chi connectivity index (χ0v) is 14.6. The minimum absolute atomic E-state index is 0.101. The highest BCUT2D eigenvalue weighted by atomic mass is 32.1. The molecule has 23 heavy (non-hydrogen) atoms. The predicted octanol–water partition coefficient (Wildman–Crippen LogP) is 3.78. The summed E-state index contributed by atoms with van der Waals surface area (Å²) in [4.78, 5) is 24.7. The Morgan fingerprint density at radius 3 is 2.39 bits per heavy atom. The molecule has 0 radical (unpaired) electrons. The number of primary amides is 1. The van der Waals surface area contributed by atoms with Gasteiger partial charge in [0, 0.05) is 0 Å². The van der Waals surface area contributed by atoms with Crippen LogP contribution in [0.4, 0.5) is 5.00 Å². The van der Waals surface area contributed by atoms with E-state index in [0.29, 0.717) is 27.3 Å². The maximum atomic E-state index is 13.2. The van der Waals surface area contributed by atoms with Crippen LogP contribution in [-0.2, 0) is 4.79 Å². The van der Waals surface area contributed by atoms with E-state index in [2.05, 4.69) is 19.2 Å². The average molecular weight is 332 g/mol. The van der Waals surface area contributed by atoms with E-state index in [9.17, 15) is 9.59 Å². The topological polar surface area (TPSA) is 72.2 Å². The van der Waals surface area contributed by atoms with E-state index < -0.39 is 5.91 Å². The molecule has 0 aliphatic heterocycles. The summed E-state index contributed by atoms with van der Waals surface area (Å²) in [5.74, 6) is 0.293. The summed E-state index contributed by atoms with van der Waals surface area (Å²) in [6.07, 6.45) is 6.75. The third-order valence-corrected chi connectivity index (χ3v) is 7.10. The lowest BCUT2D eigenvalue weighted by atomic mass is 9.40. The lowest BCUT2D eigenvalue weighted by molar-refractivity contribution is -0.165. The molecule has 3 N–H and O–H groups in total. The van der Waals surface area contributed by atoms with Crippen LogP contribution >= 0.6 is 11.3 Å². The summed E-state index contributed by atoms with van der Waals surface area (Å²) < 4.78 is 0. The molecule has 1 heterocycles. The number of carbonyl (C=O) groups excluding carboxylic acids is 2. The molecule has 4 saturated carbocycles. The maximum absolute atomic E-state index is 13.2. The van der Waals surface area contributed by atoms with Crippen LogP contribution in [-0.4, -0.2) is 11.8 Å². The summed E-state index contributed by atoms with van der Waals surface area (Å²) in [6.45, 7) is 4.72. The predicted molar refractivity (Wildman–Crippen MR) is 91.3 cm³/mol. The van der Waals surface area contributed by atoms with Crippen molar-refractivity contribution in [2.45, 2.75) is 52.4 Å². The highest BCUT2D eigenvalue weighted by Gasteiger charge is 2.62. The van der Waals surface area contributed by atoms with Crippen molar-refractivity contribution < 1.29 is 9.59 Å². The molecular weight excluding hydrogens is 308 g/mol. The van der Waals surface area contributed by atoms with Gasteiger partial charge in [-0.05, 0) is 66.7 Å². The van der Waals surface area contributed by atoms with Crippen LogP contribution in [0.2, 0.25) is 0 Å². The first-order chi connectivity index (χ1) is 10.7. The van der Waals surface area contributed by atoms with Gasteiger partial charge in [0.05, 0.1) is 11.0 Å². The summed E-state index contributed by atoms with van der Waals surface area (Å²) in [6, 6.07) is 1.69. The summed E-state index contributed by atoms with van der Waals surface area (Å²) >= 11 is 1.38. The van der Waals surface area contributed by atoms with E-state index >= 15 is 0 Å². The number of anilines is 1. The number of hydrogen-bond donors (Lipinski definition) is 2. The van der Waals surface area contributed by atoms with Gasteiger partial charge in [-0.25, -0.2) is 0 Å². The first-order valence-corrected chi connectivity index (χ1v) is 9.30. The highest BCUT2D eigenvalue weighted by Crippen LogP contribution is 2.69. The molecule has 124 valence electrons. The maximum Gasteiger partial charge on any atom is 0.251 e. The monoisotopic (exact) mass is 332 g/mol. The Labute approximate surface area is 140 Å². The van der Waals surface area contributed by atoms with Crippen LogP contribution in [0.5, 0.6) is 0 Å². The lowest BCUT2D eigenvalue weighted by Crippen LogP contribution is -2.58. The zero-order valence-electron chi connectivity index (χ0n) is 13.8. The van der Waals surface area contributed by atoms with E-state index in [1.54, 1.807) is 11.4 Å². The molecule has 0 saturated heterocycles. The van der Waals surface area contributed by atoms with Gasteiger partial charge in [0.2, 0.25) is 5.91 Å². The molecule has 5 heteroatoms. The van der Waals surface area contributed by atoms with Crippen molar-refractivity contribution in [3.05, 3.63) is 17.0 Å². The summed E-state index contributed by atoms with van der Waals surface area (Å²) in [5, 5.41) is 5.45. The zero-order chi connectivity index (χ0) is 16.5. The Balaban J connectivity index is 1.63. The van der Waals surface area contributed by atoms with Crippen molar-refractivity contribution in [3.8, 4) is 0 Å². The van der Waals surface area contributed by atoms with Crippen molar-refractivity contribution in [3.63, 3.8) is 0 Å². The van der Waals surface area contributed by atoms with E-state index in [1.807, 2.05) is 0 Å². The van der Waals surface area contributed by atoms with Gasteiger partial charge in [-0.3, -0.25) is 9.59 Å². The molecule has 4 fully saturated rings. The molecule has 5 rings (SSSR count). The normalized spacial score (nSPS) is 41.0. The van der Waals surface area contributed by atoms with Crippen LogP contribution in [0.1, 0.15) is 62.7 Å². The van der Waals surface area contributed by atoms with Crippen molar-refractivity contribution in [1.29, 1.82) is 0 Å². The molecule has 4 aliphatic rings. The molecule has 4 bridgehead atoms. The number of carbonyl (C=O) groups is 2. The number of hydrogen-bond acceptors (Lipinski definition) is 3. The average Bonchev–Trinajstić information content (AvgIpc) is 2.82. The third kappa shape index (κ3) is 2.32. The fourth-order valence-electron chi connectivity index (χ4n) is 6.54. The van der Waals surface area contributed by atoms with Crippen LogP contribution in [0, 0.1) is 22.2 Å². The van der Waals surface area contributed by atoms with E-state index in [4.69, 9.17) is 5.73 Å². The van der Waals surface area contributed by atoms with Gasteiger partial charge >= 0.3 is 0 Å². The Kier molecular flexibility index (Phi) is 3.03. The number of amides is 2. The van der Waals surface area contributed by atoms with Crippen LogP contribution in [0.3, 0.4) is 0 Å². The molecule has 1 aromatic heterocycles. The van der Waals surface area contributed by atoms with E-state index in [-0.39, 0.29) is 11.3 Å². The van der Waals surface area contributed by atoms with Gasteiger partial charge in [-0.1, -0.05) is 13.8 Å². The van der Waals surface area contributed by atoms with Gasteiger partial charge < -0.3 is 11.1 Å². The minimum atomic E-state index is -0.481. The quantitative estimate of drug-likeness (QED) is 0.884. The standard InChI is InChI=1S/C18H24N2O2S/c1-16-5-11-6-17(2,8-16)10-18(7-11,9-16)15(22)20-14-12(13(19)21)3-4-23-14/h3-4,11H,5-10H2,1-2H3,(H2,19,21)(H,20,22). The molecule has 2 amide bonds. The molecule has 4 nitrogen and oxygen atoms in total. The minimum Gasteiger partial charge on any atom is -0.366 e. The van der Waals surface area contributed by atoms with Gasteiger partial charge in [0.25, 0.3) is 5.91 Å². The second kappa shape index (κ2) is 4.59. The second-order valence-corrected chi connectivity index (χ2v) is 9.81. The smallest absolute Gasteiger partial charge is 0.251 e. The Morgan fingerprint density at radius 1 is 1.17 bits per heavy atom. The SMILES string of the molecule is CC12CC3CC(C)(C1)CC(C(=O)Nc1sccc1C(N)=O)(C3)C2. The number of rotatable bonds is 3. The number of nitrogens with two attached hydrogens (primary N) is 1. The molecule has 0 aromatic carbocycles.